The summed E-state index contributed by atoms with van der Waals surface area (Å²) in [6, 6.07) is -0.465. The highest BCUT2D eigenvalue weighted by molar-refractivity contribution is 5.96. The lowest BCUT2D eigenvalue weighted by atomic mass is 10.1. The first-order valence-corrected chi connectivity index (χ1v) is 5.49. The van der Waals surface area contributed by atoms with Crippen molar-refractivity contribution in [2.45, 2.75) is 45.3 Å². The number of carbonyl (C=O) groups excluding carboxylic acids is 2. The molecule has 1 aliphatic rings. The molecule has 1 fully saturated rings. The van der Waals surface area contributed by atoms with Gasteiger partial charge in [0, 0.05) is 0 Å². The van der Waals surface area contributed by atoms with Gasteiger partial charge in [0.25, 0.3) is 0 Å². The monoisotopic (exact) mass is 225 g/mol. The normalized spacial score (nSPS) is 17.4. The minimum Gasteiger partial charge on any atom is -0.444 e. The van der Waals surface area contributed by atoms with E-state index in [1.54, 1.807) is 20.8 Å². The van der Waals surface area contributed by atoms with Gasteiger partial charge in [-0.05, 0) is 45.6 Å². The second kappa shape index (κ2) is 4.68. The van der Waals surface area contributed by atoms with Crippen LogP contribution < -0.4 is 5.32 Å². The molecule has 1 unspecified atom stereocenters. The van der Waals surface area contributed by atoms with Crippen molar-refractivity contribution in [2.75, 3.05) is 0 Å². The van der Waals surface area contributed by atoms with Gasteiger partial charge < -0.3 is 10.1 Å². The fraction of sp³-hybridized carbons (Fsp3) is 0.667. The van der Waals surface area contributed by atoms with Gasteiger partial charge in [-0.2, -0.15) is 0 Å². The minimum atomic E-state index is -0.546. The first kappa shape index (κ1) is 12.7. The number of rotatable bonds is 4. The molecule has 1 atom stereocenters. The fourth-order valence-electron chi connectivity index (χ4n) is 1.41. The Hall–Kier alpha value is -1.32. The maximum Gasteiger partial charge on any atom is 0.408 e. The van der Waals surface area contributed by atoms with Gasteiger partial charge in [0.1, 0.15) is 5.60 Å². The molecule has 90 valence electrons. The molecule has 0 saturated heterocycles. The summed E-state index contributed by atoms with van der Waals surface area (Å²) in [5.74, 6) is 0.103. The third kappa shape index (κ3) is 4.04. The molecule has 1 amide bonds. The van der Waals surface area contributed by atoms with Crippen molar-refractivity contribution in [3.63, 3.8) is 0 Å². The summed E-state index contributed by atoms with van der Waals surface area (Å²) in [6.45, 7) is 8.79. The molecule has 0 spiro atoms. The maximum atomic E-state index is 11.5. The SMILES string of the molecule is C=CC(=O)C(NC(=O)OC(C)(C)C)C1CC1. The van der Waals surface area contributed by atoms with Gasteiger partial charge >= 0.3 is 6.09 Å². The fourth-order valence-corrected chi connectivity index (χ4v) is 1.41. The van der Waals surface area contributed by atoms with Crippen molar-refractivity contribution in [3.8, 4) is 0 Å². The molecule has 4 nitrogen and oxygen atoms in total. The van der Waals surface area contributed by atoms with Crippen molar-refractivity contribution in [1.29, 1.82) is 0 Å². The summed E-state index contributed by atoms with van der Waals surface area (Å²) in [5.41, 5.74) is -0.546. The average molecular weight is 225 g/mol. The van der Waals surface area contributed by atoms with Crippen molar-refractivity contribution < 1.29 is 14.3 Å². The molecule has 0 aromatic rings. The third-order valence-electron chi connectivity index (χ3n) is 2.27. The van der Waals surface area contributed by atoms with Gasteiger partial charge in [0.2, 0.25) is 0 Å². The highest BCUT2D eigenvalue weighted by Crippen LogP contribution is 2.33. The van der Waals surface area contributed by atoms with Crippen LogP contribution in [0.5, 0.6) is 0 Å². The number of carbonyl (C=O) groups is 2. The average Bonchev–Trinajstić information content (AvgIpc) is 2.93. The summed E-state index contributed by atoms with van der Waals surface area (Å²) < 4.78 is 5.10. The molecule has 1 aliphatic carbocycles. The maximum absolute atomic E-state index is 11.5. The molecule has 1 rings (SSSR count). The topological polar surface area (TPSA) is 55.4 Å². The van der Waals surface area contributed by atoms with Crippen LogP contribution in [0.2, 0.25) is 0 Å². The number of alkyl carbamates (subject to hydrolysis) is 1. The first-order valence-electron chi connectivity index (χ1n) is 5.49. The van der Waals surface area contributed by atoms with Crippen LogP contribution in [0.3, 0.4) is 0 Å². The van der Waals surface area contributed by atoms with Crippen molar-refractivity contribution >= 4 is 11.9 Å². The molecule has 0 heterocycles. The van der Waals surface area contributed by atoms with E-state index in [4.69, 9.17) is 4.74 Å². The molecular formula is C12H19NO3. The van der Waals surface area contributed by atoms with E-state index < -0.39 is 17.7 Å². The van der Waals surface area contributed by atoms with Gasteiger partial charge in [0.05, 0.1) is 6.04 Å². The highest BCUT2D eigenvalue weighted by Gasteiger charge is 2.36. The second-order valence-electron chi connectivity index (χ2n) is 5.07. The van der Waals surface area contributed by atoms with E-state index in [0.29, 0.717) is 0 Å². The lowest BCUT2D eigenvalue weighted by Gasteiger charge is -2.22. The molecule has 0 radical (unpaired) electrons. The lowest BCUT2D eigenvalue weighted by molar-refractivity contribution is -0.117. The Morgan fingerprint density at radius 2 is 2.00 bits per heavy atom. The molecule has 0 bridgehead atoms. The van der Waals surface area contributed by atoms with E-state index in [2.05, 4.69) is 11.9 Å². The van der Waals surface area contributed by atoms with Gasteiger partial charge in [0.15, 0.2) is 5.78 Å². The largest absolute Gasteiger partial charge is 0.444 e. The number of amides is 1. The molecule has 0 aliphatic heterocycles. The van der Waals surface area contributed by atoms with Gasteiger partial charge in [-0.25, -0.2) is 4.79 Å². The molecule has 1 saturated carbocycles. The molecule has 0 aromatic heterocycles. The zero-order chi connectivity index (χ0) is 12.3. The Labute approximate surface area is 96.0 Å². The van der Waals surface area contributed by atoms with E-state index in [1.165, 1.54) is 6.08 Å². The number of nitrogens with one attached hydrogen (secondary N) is 1. The summed E-state index contributed by atoms with van der Waals surface area (Å²) >= 11 is 0. The number of hydrogen-bond acceptors (Lipinski definition) is 3. The molecule has 1 N–H and O–H groups in total. The Kier molecular flexibility index (Phi) is 3.73. The standard InChI is InChI=1S/C12H19NO3/c1-5-9(14)10(8-6-7-8)13-11(15)16-12(2,3)4/h5,8,10H,1,6-7H2,2-4H3,(H,13,15). The quantitative estimate of drug-likeness (QED) is 0.745. The van der Waals surface area contributed by atoms with Crippen LogP contribution in [0.15, 0.2) is 12.7 Å². The van der Waals surface area contributed by atoms with E-state index in [0.717, 1.165) is 12.8 Å². The van der Waals surface area contributed by atoms with E-state index in [-0.39, 0.29) is 11.7 Å². The van der Waals surface area contributed by atoms with Crippen LogP contribution in [0.1, 0.15) is 33.6 Å². The van der Waals surface area contributed by atoms with Crippen molar-refractivity contribution in [3.05, 3.63) is 12.7 Å². The van der Waals surface area contributed by atoms with Crippen LogP contribution in [-0.2, 0) is 9.53 Å². The van der Waals surface area contributed by atoms with Crippen LogP contribution in [0, 0.1) is 5.92 Å². The second-order valence-corrected chi connectivity index (χ2v) is 5.07. The Bertz CT molecular complexity index is 300. The Morgan fingerprint density at radius 3 is 2.38 bits per heavy atom. The Balaban J connectivity index is 2.52. The lowest BCUT2D eigenvalue weighted by Crippen LogP contribution is -2.44. The van der Waals surface area contributed by atoms with Crippen LogP contribution in [0.25, 0.3) is 0 Å². The van der Waals surface area contributed by atoms with Crippen molar-refractivity contribution in [2.24, 2.45) is 5.92 Å². The minimum absolute atomic E-state index is 0.145. The van der Waals surface area contributed by atoms with Gasteiger partial charge in [-0.1, -0.05) is 6.58 Å². The molecule has 16 heavy (non-hydrogen) atoms. The van der Waals surface area contributed by atoms with Crippen LogP contribution in [0.4, 0.5) is 4.79 Å². The summed E-state index contributed by atoms with van der Waals surface area (Å²) in [6.07, 6.45) is 2.65. The molecule has 0 aromatic carbocycles. The smallest absolute Gasteiger partial charge is 0.408 e. The summed E-state index contributed by atoms with van der Waals surface area (Å²) in [4.78, 5) is 23.0. The number of ketones is 1. The third-order valence-corrected chi connectivity index (χ3v) is 2.27. The number of hydrogen-bond donors (Lipinski definition) is 1. The van der Waals surface area contributed by atoms with Gasteiger partial charge in [-0.15, -0.1) is 0 Å². The number of ether oxygens (including phenoxy) is 1. The molecule has 4 heteroatoms. The van der Waals surface area contributed by atoms with Crippen LogP contribution in [-0.4, -0.2) is 23.5 Å². The van der Waals surface area contributed by atoms with E-state index in [9.17, 15) is 9.59 Å². The predicted molar refractivity (Wildman–Crippen MR) is 61.1 cm³/mol. The van der Waals surface area contributed by atoms with Crippen LogP contribution >= 0.6 is 0 Å². The predicted octanol–water partition coefficient (Wildman–Crippen LogP) is 2.04. The van der Waals surface area contributed by atoms with E-state index in [1.807, 2.05) is 0 Å². The zero-order valence-corrected chi connectivity index (χ0v) is 10.1. The van der Waals surface area contributed by atoms with Crippen molar-refractivity contribution in [1.82, 2.24) is 5.32 Å². The first-order chi connectivity index (χ1) is 7.33. The van der Waals surface area contributed by atoms with E-state index >= 15 is 0 Å². The Morgan fingerprint density at radius 1 is 1.44 bits per heavy atom. The molecular weight excluding hydrogens is 206 g/mol. The summed E-state index contributed by atoms with van der Waals surface area (Å²) in [5, 5.41) is 2.60. The highest BCUT2D eigenvalue weighted by atomic mass is 16.6. The van der Waals surface area contributed by atoms with Gasteiger partial charge in [-0.3, -0.25) is 4.79 Å². The summed E-state index contributed by atoms with van der Waals surface area (Å²) in [7, 11) is 0. The zero-order valence-electron chi connectivity index (χ0n) is 10.1.